The van der Waals surface area contributed by atoms with E-state index in [1.807, 2.05) is 0 Å². The van der Waals surface area contributed by atoms with Crippen molar-refractivity contribution in [2.24, 2.45) is 5.92 Å². The molecule has 2 saturated heterocycles. The minimum atomic E-state index is 0. The second-order valence-corrected chi connectivity index (χ2v) is 7.30. The minimum absolute atomic E-state index is 0. The Balaban J connectivity index is 0.00000156. The summed E-state index contributed by atoms with van der Waals surface area (Å²) in [7, 11) is 0. The number of nitrogens with zero attached hydrogens (tertiary/aromatic N) is 2. The number of hydrogen-bond donors (Lipinski definition) is 1. The molecule has 1 aromatic carbocycles. The predicted molar refractivity (Wildman–Crippen MR) is 99.8 cm³/mol. The highest BCUT2D eigenvalue weighted by atomic mass is 35.5. The van der Waals surface area contributed by atoms with Gasteiger partial charge in [0, 0.05) is 37.9 Å². The first-order chi connectivity index (χ1) is 10.9. The molecule has 1 N–H and O–H groups in total. The first-order valence-electron chi connectivity index (χ1n) is 9.18. The van der Waals surface area contributed by atoms with E-state index in [2.05, 4.69) is 39.4 Å². The van der Waals surface area contributed by atoms with Crippen LogP contribution in [0.4, 0.5) is 5.69 Å². The third-order valence-corrected chi connectivity index (χ3v) is 5.90. The highest BCUT2D eigenvalue weighted by molar-refractivity contribution is 5.85. The summed E-state index contributed by atoms with van der Waals surface area (Å²) in [6.45, 7) is 7.63. The second kappa shape index (κ2) is 7.87. The molecule has 4 heteroatoms. The number of anilines is 1. The molecule has 3 aliphatic rings. The Kier molecular flexibility index (Phi) is 5.84. The van der Waals surface area contributed by atoms with Crippen LogP contribution in [0.5, 0.6) is 0 Å². The highest BCUT2D eigenvalue weighted by Gasteiger charge is 2.29. The first-order valence-corrected chi connectivity index (χ1v) is 9.18. The lowest BCUT2D eigenvalue weighted by molar-refractivity contribution is 0.166. The molecule has 2 fully saturated rings. The first kappa shape index (κ1) is 17.1. The molecule has 1 aromatic rings. The van der Waals surface area contributed by atoms with Crippen molar-refractivity contribution in [2.45, 2.75) is 38.1 Å². The second-order valence-electron chi connectivity index (χ2n) is 7.30. The molecule has 3 aliphatic heterocycles. The molecule has 0 spiro atoms. The van der Waals surface area contributed by atoms with Crippen LogP contribution in [0.25, 0.3) is 0 Å². The predicted octanol–water partition coefficient (Wildman–Crippen LogP) is 2.93. The van der Waals surface area contributed by atoms with Gasteiger partial charge in [-0.3, -0.25) is 0 Å². The standard InChI is InChI=1S/C19H29N3.ClH/c1-2-4-19-17(3-1)7-14-22(19)18-8-12-21(13-9-18)15-16-5-10-20-11-6-16;/h1-4,16,18,20H,5-15H2;1H. The van der Waals surface area contributed by atoms with Crippen molar-refractivity contribution in [2.75, 3.05) is 44.2 Å². The zero-order valence-electron chi connectivity index (χ0n) is 14.0. The van der Waals surface area contributed by atoms with Crippen LogP contribution >= 0.6 is 12.4 Å². The van der Waals surface area contributed by atoms with Crippen LogP contribution in [0.1, 0.15) is 31.2 Å². The molecule has 0 amide bonds. The fraction of sp³-hybridized carbons (Fsp3) is 0.684. The zero-order chi connectivity index (χ0) is 14.8. The van der Waals surface area contributed by atoms with Crippen molar-refractivity contribution in [3.05, 3.63) is 29.8 Å². The normalized spacial score (nSPS) is 23.6. The fourth-order valence-electron chi connectivity index (χ4n) is 4.59. The smallest absolute Gasteiger partial charge is 0.0402 e. The molecule has 3 nitrogen and oxygen atoms in total. The molecule has 0 unspecified atom stereocenters. The van der Waals surface area contributed by atoms with Gasteiger partial charge < -0.3 is 15.1 Å². The van der Waals surface area contributed by atoms with E-state index in [9.17, 15) is 0 Å². The van der Waals surface area contributed by atoms with Gasteiger partial charge in [-0.25, -0.2) is 0 Å². The Labute approximate surface area is 146 Å². The van der Waals surface area contributed by atoms with Crippen LogP contribution in [0.15, 0.2) is 24.3 Å². The van der Waals surface area contributed by atoms with E-state index in [1.165, 1.54) is 77.1 Å². The lowest BCUT2D eigenvalue weighted by Crippen LogP contribution is -2.46. The fourth-order valence-corrected chi connectivity index (χ4v) is 4.59. The molecule has 0 atom stereocenters. The van der Waals surface area contributed by atoms with Crippen molar-refractivity contribution in [1.82, 2.24) is 10.2 Å². The number of nitrogens with one attached hydrogen (secondary N) is 1. The van der Waals surface area contributed by atoms with E-state index >= 15 is 0 Å². The van der Waals surface area contributed by atoms with Crippen LogP contribution in [-0.2, 0) is 6.42 Å². The number of halogens is 1. The quantitative estimate of drug-likeness (QED) is 0.916. The largest absolute Gasteiger partial charge is 0.368 e. The Bertz CT molecular complexity index is 493. The summed E-state index contributed by atoms with van der Waals surface area (Å²) in [5.41, 5.74) is 3.07. The molecule has 0 radical (unpaired) electrons. The van der Waals surface area contributed by atoms with Crippen molar-refractivity contribution in [3.8, 4) is 0 Å². The Morgan fingerprint density at radius 3 is 2.48 bits per heavy atom. The summed E-state index contributed by atoms with van der Waals surface area (Å²) in [4.78, 5) is 5.42. The average Bonchev–Trinajstić information content (AvgIpc) is 3.01. The van der Waals surface area contributed by atoms with E-state index < -0.39 is 0 Å². The van der Waals surface area contributed by atoms with Crippen LogP contribution < -0.4 is 10.2 Å². The van der Waals surface area contributed by atoms with Crippen LogP contribution in [0.2, 0.25) is 0 Å². The van der Waals surface area contributed by atoms with E-state index in [-0.39, 0.29) is 12.4 Å². The number of piperidine rings is 2. The monoisotopic (exact) mass is 335 g/mol. The molecule has 128 valence electrons. The third kappa shape index (κ3) is 3.84. The SMILES string of the molecule is Cl.c1ccc2c(c1)CCN2C1CCN(CC2CCNCC2)CC1. The number of likely N-dealkylation sites (tertiary alicyclic amines) is 1. The lowest BCUT2D eigenvalue weighted by Gasteiger charge is -2.39. The molecule has 0 saturated carbocycles. The molecule has 0 bridgehead atoms. The molecule has 23 heavy (non-hydrogen) atoms. The van der Waals surface area contributed by atoms with Crippen LogP contribution in [0, 0.1) is 5.92 Å². The molecule has 4 rings (SSSR count). The summed E-state index contributed by atoms with van der Waals surface area (Å²) < 4.78 is 0. The van der Waals surface area contributed by atoms with Gasteiger partial charge in [0.2, 0.25) is 0 Å². The number of fused-ring (bicyclic) bond motifs is 1. The van der Waals surface area contributed by atoms with E-state index in [0.29, 0.717) is 0 Å². The number of benzene rings is 1. The summed E-state index contributed by atoms with van der Waals surface area (Å²) in [6.07, 6.45) is 6.68. The van der Waals surface area contributed by atoms with Crippen molar-refractivity contribution in [1.29, 1.82) is 0 Å². The van der Waals surface area contributed by atoms with Gasteiger partial charge in [0.1, 0.15) is 0 Å². The van der Waals surface area contributed by atoms with Crippen molar-refractivity contribution < 1.29 is 0 Å². The minimum Gasteiger partial charge on any atom is -0.368 e. The van der Waals surface area contributed by atoms with Gasteiger partial charge in [-0.1, -0.05) is 18.2 Å². The Morgan fingerprint density at radius 1 is 0.957 bits per heavy atom. The van der Waals surface area contributed by atoms with Crippen molar-refractivity contribution >= 4 is 18.1 Å². The van der Waals surface area contributed by atoms with Gasteiger partial charge in [-0.2, -0.15) is 0 Å². The molecular weight excluding hydrogens is 306 g/mol. The average molecular weight is 336 g/mol. The van der Waals surface area contributed by atoms with Crippen LogP contribution in [0.3, 0.4) is 0 Å². The van der Waals surface area contributed by atoms with Gasteiger partial charge in [0.25, 0.3) is 0 Å². The van der Waals surface area contributed by atoms with E-state index in [0.717, 1.165) is 12.0 Å². The van der Waals surface area contributed by atoms with Gasteiger partial charge in [0.15, 0.2) is 0 Å². The van der Waals surface area contributed by atoms with Crippen LogP contribution in [-0.4, -0.2) is 50.2 Å². The Hall–Kier alpha value is -0.770. The number of rotatable bonds is 3. The molecule has 3 heterocycles. The van der Waals surface area contributed by atoms with Gasteiger partial charge in [-0.15, -0.1) is 12.4 Å². The number of hydrogen-bond acceptors (Lipinski definition) is 3. The maximum atomic E-state index is 3.48. The van der Waals surface area contributed by atoms with Gasteiger partial charge in [0.05, 0.1) is 0 Å². The van der Waals surface area contributed by atoms with Gasteiger partial charge >= 0.3 is 0 Å². The summed E-state index contributed by atoms with van der Waals surface area (Å²) in [5, 5.41) is 3.48. The van der Waals surface area contributed by atoms with Crippen molar-refractivity contribution in [3.63, 3.8) is 0 Å². The maximum absolute atomic E-state index is 3.48. The summed E-state index contributed by atoms with van der Waals surface area (Å²) in [5.74, 6) is 0.935. The third-order valence-electron chi connectivity index (χ3n) is 5.90. The lowest BCUT2D eigenvalue weighted by atomic mass is 9.95. The molecule has 0 aromatic heterocycles. The highest BCUT2D eigenvalue weighted by Crippen LogP contribution is 2.32. The van der Waals surface area contributed by atoms with E-state index in [4.69, 9.17) is 0 Å². The topological polar surface area (TPSA) is 18.5 Å². The summed E-state index contributed by atoms with van der Waals surface area (Å²) >= 11 is 0. The Morgan fingerprint density at radius 2 is 1.70 bits per heavy atom. The van der Waals surface area contributed by atoms with E-state index in [1.54, 1.807) is 5.56 Å². The number of para-hydroxylation sites is 1. The maximum Gasteiger partial charge on any atom is 0.0402 e. The molecule has 0 aliphatic carbocycles. The zero-order valence-corrected chi connectivity index (χ0v) is 14.9. The molecular formula is C19H30ClN3. The summed E-state index contributed by atoms with van der Waals surface area (Å²) in [6, 6.07) is 9.78. The van der Waals surface area contributed by atoms with Gasteiger partial charge in [-0.05, 0) is 62.7 Å².